The number of piperidine rings is 1. The van der Waals surface area contributed by atoms with Gasteiger partial charge in [-0.25, -0.2) is 0 Å². The molecular weight excluding hydrogens is 223 g/mol. The summed E-state index contributed by atoms with van der Waals surface area (Å²) in [4.78, 5) is 1.82. The molecule has 2 aliphatic heterocycles. The van der Waals surface area contributed by atoms with E-state index in [-0.39, 0.29) is 6.54 Å². The molecule has 3 nitrogen and oxygen atoms in total. The van der Waals surface area contributed by atoms with Crippen LogP contribution in [0.15, 0.2) is 0 Å². The number of rotatable bonds is 2. The summed E-state index contributed by atoms with van der Waals surface area (Å²) in [5.41, 5.74) is 0. The quantitative estimate of drug-likeness (QED) is 0.733. The lowest BCUT2D eigenvalue weighted by molar-refractivity contribution is -0.188. The molecule has 0 atom stereocenters. The van der Waals surface area contributed by atoms with Gasteiger partial charge in [0.1, 0.15) is 0 Å². The zero-order chi connectivity index (χ0) is 11.6. The van der Waals surface area contributed by atoms with Crippen LogP contribution >= 0.6 is 0 Å². The highest BCUT2D eigenvalue weighted by Crippen LogP contribution is 2.31. The van der Waals surface area contributed by atoms with E-state index in [1.807, 2.05) is 4.90 Å². The van der Waals surface area contributed by atoms with E-state index in [1.165, 1.54) is 0 Å². The maximum absolute atomic E-state index is 12.0. The molecule has 0 radical (unpaired) electrons. The van der Waals surface area contributed by atoms with Gasteiger partial charge in [0.15, 0.2) is 5.79 Å². The van der Waals surface area contributed by atoms with Crippen molar-refractivity contribution in [1.29, 1.82) is 0 Å². The van der Waals surface area contributed by atoms with E-state index in [0.717, 1.165) is 0 Å². The Hall–Kier alpha value is -0.330. The van der Waals surface area contributed by atoms with E-state index in [4.69, 9.17) is 9.47 Å². The highest BCUT2D eigenvalue weighted by atomic mass is 19.4. The highest BCUT2D eigenvalue weighted by Gasteiger charge is 2.40. The van der Waals surface area contributed by atoms with Crippen molar-refractivity contribution in [2.75, 3.05) is 32.8 Å². The first-order valence-electron chi connectivity index (χ1n) is 5.56. The van der Waals surface area contributed by atoms with Crippen molar-refractivity contribution in [3.63, 3.8) is 0 Å². The normalized spacial score (nSPS) is 26.4. The molecule has 0 bridgehead atoms. The van der Waals surface area contributed by atoms with Gasteiger partial charge in [-0.15, -0.1) is 0 Å². The highest BCUT2D eigenvalue weighted by molar-refractivity contribution is 4.82. The molecule has 2 fully saturated rings. The minimum atomic E-state index is -4.06. The summed E-state index contributed by atoms with van der Waals surface area (Å²) in [7, 11) is 0. The van der Waals surface area contributed by atoms with Crippen molar-refractivity contribution in [1.82, 2.24) is 4.90 Å². The van der Waals surface area contributed by atoms with Gasteiger partial charge >= 0.3 is 6.18 Å². The van der Waals surface area contributed by atoms with Gasteiger partial charge in [0.2, 0.25) is 0 Å². The van der Waals surface area contributed by atoms with Crippen molar-refractivity contribution in [3.05, 3.63) is 0 Å². The van der Waals surface area contributed by atoms with Crippen LogP contribution in [0.2, 0.25) is 0 Å². The molecule has 0 unspecified atom stereocenters. The van der Waals surface area contributed by atoms with Crippen LogP contribution in [0.25, 0.3) is 0 Å². The Morgan fingerprint density at radius 2 is 1.62 bits per heavy atom. The molecule has 2 saturated heterocycles. The Balaban J connectivity index is 1.73. The SMILES string of the molecule is FC(F)(F)CCN1CCC2(CC1)OCCO2. The lowest BCUT2D eigenvalue weighted by atomic mass is 10.0. The number of hydrogen-bond donors (Lipinski definition) is 0. The topological polar surface area (TPSA) is 21.7 Å². The van der Waals surface area contributed by atoms with Gasteiger partial charge < -0.3 is 14.4 Å². The van der Waals surface area contributed by atoms with Crippen molar-refractivity contribution >= 4 is 0 Å². The first kappa shape index (κ1) is 12.1. The molecule has 2 aliphatic rings. The molecule has 0 amide bonds. The second-order valence-electron chi connectivity index (χ2n) is 4.31. The van der Waals surface area contributed by atoms with E-state index in [1.54, 1.807) is 0 Å². The monoisotopic (exact) mass is 239 g/mol. The largest absolute Gasteiger partial charge is 0.390 e. The summed E-state index contributed by atoms with van der Waals surface area (Å²) < 4.78 is 47.1. The summed E-state index contributed by atoms with van der Waals surface area (Å²) in [6, 6.07) is 0. The summed E-state index contributed by atoms with van der Waals surface area (Å²) in [6.07, 6.45) is -3.45. The average Bonchev–Trinajstić information content (AvgIpc) is 2.65. The third-order valence-corrected chi connectivity index (χ3v) is 3.14. The molecule has 2 heterocycles. The van der Waals surface area contributed by atoms with E-state index in [0.29, 0.717) is 39.1 Å². The van der Waals surface area contributed by atoms with E-state index >= 15 is 0 Å². The number of hydrogen-bond acceptors (Lipinski definition) is 3. The standard InChI is InChI=1S/C10H16F3NO2/c11-10(12,13)3-6-14-4-1-9(2-5-14)15-7-8-16-9/h1-8H2. The van der Waals surface area contributed by atoms with Gasteiger partial charge in [-0.2, -0.15) is 13.2 Å². The van der Waals surface area contributed by atoms with Gasteiger partial charge in [-0.3, -0.25) is 0 Å². The molecule has 0 aromatic carbocycles. The van der Waals surface area contributed by atoms with Crippen LogP contribution in [0.3, 0.4) is 0 Å². The number of halogens is 3. The molecule has 1 spiro atoms. The van der Waals surface area contributed by atoms with Crippen molar-refractivity contribution in [2.24, 2.45) is 0 Å². The summed E-state index contributed by atoms with van der Waals surface area (Å²) in [6.45, 7) is 2.52. The molecule has 0 aliphatic carbocycles. The maximum Gasteiger partial charge on any atom is 0.390 e. The van der Waals surface area contributed by atoms with Gasteiger partial charge in [0, 0.05) is 32.5 Å². The van der Waals surface area contributed by atoms with Crippen molar-refractivity contribution < 1.29 is 22.6 Å². The number of alkyl halides is 3. The van der Waals surface area contributed by atoms with Gasteiger partial charge in [0.25, 0.3) is 0 Å². The minimum absolute atomic E-state index is 0.0829. The van der Waals surface area contributed by atoms with Crippen molar-refractivity contribution in [2.45, 2.75) is 31.2 Å². The third kappa shape index (κ3) is 3.09. The van der Waals surface area contributed by atoms with Crippen LogP contribution in [0.1, 0.15) is 19.3 Å². The Morgan fingerprint density at radius 1 is 1.06 bits per heavy atom. The van der Waals surface area contributed by atoms with Crippen LogP contribution in [0, 0.1) is 0 Å². The number of likely N-dealkylation sites (tertiary alicyclic amines) is 1. The molecule has 6 heteroatoms. The zero-order valence-electron chi connectivity index (χ0n) is 9.05. The summed E-state index contributed by atoms with van der Waals surface area (Å²) in [5.74, 6) is -0.491. The fourth-order valence-corrected chi connectivity index (χ4v) is 2.19. The van der Waals surface area contributed by atoms with E-state index in [9.17, 15) is 13.2 Å². The smallest absolute Gasteiger partial charge is 0.347 e. The molecule has 2 rings (SSSR count). The molecular formula is C10H16F3NO2. The fraction of sp³-hybridized carbons (Fsp3) is 1.00. The van der Waals surface area contributed by atoms with Crippen molar-refractivity contribution in [3.8, 4) is 0 Å². The summed E-state index contributed by atoms with van der Waals surface area (Å²) in [5, 5.41) is 0. The molecule has 94 valence electrons. The van der Waals surface area contributed by atoms with E-state index in [2.05, 4.69) is 0 Å². The first-order chi connectivity index (χ1) is 7.49. The van der Waals surface area contributed by atoms with Crippen LogP contribution in [0.5, 0.6) is 0 Å². The fourth-order valence-electron chi connectivity index (χ4n) is 2.19. The predicted octanol–water partition coefficient (Wildman–Crippen LogP) is 1.78. The van der Waals surface area contributed by atoms with Crippen LogP contribution in [-0.4, -0.2) is 49.7 Å². The zero-order valence-corrected chi connectivity index (χ0v) is 9.05. The predicted molar refractivity (Wildman–Crippen MR) is 51.0 cm³/mol. The van der Waals surface area contributed by atoms with Crippen LogP contribution in [-0.2, 0) is 9.47 Å². The molecule has 0 aromatic heterocycles. The van der Waals surface area contributed by atoms with Gasteiger partial charge in [0.05, 0.1) is 19.6 Å². The van der Waals surface area contributed by atoms with Crippen LogP contribution < -0.4 is 0 Å². The second kappa shape index (κ2) is 4.50. The third-order valence-electron chi connectivity index (χ3n) is 3.14. The lowest BCUT2D eigenvalue weighted by Crippen LogP contribution is -2.45. The summed E-state index contributed by atoms with van der Waals surface area (Å²) >= 11 is 0. The molecule has 16 heavy (non-hydrogen) atoms. The number of ether oxygens (including phenoxy) is 2. The Bertz CT molecular complexity index is 229. The molecule has 0 N–H and O–H groups in total. The number of nitrogens with zero attached hydrogens (tertiary/aromatic N) is 1. The Labute approximate surface area is 92.5 Å². The molecule has 0 aromatic rings. The van der Waals surface area contributed by atoms with Gasteiger partial charge in [-0.1, -0.05) is 0 Å². The van der Waals surface area contributed by atoms with Crippen LogP contribution in [0.4, 0.5) is 13.2 Å². The Kier molecular flexibility index (Phi) is 3.42. The Morgan fingerprint density at radius 3 is 2.12 bits per heavy atom. The molecule has 0 saturated carbocycles. The average molecular weight is 239 g/mol. The maximum atomic E-state index is 12.0. The van der Waals surface area contributed by atoms with Gasteiger partial charge in [-0.05, 0) is 0 Å². The minimum Gasteiger partial charge on any atom is -0.347 e. The lowest BCUT2D eigenvalue weighted by Gasteiger charge is -2.37. The first-order valence-corrected chi connectivity index (χ1v) is 5.56. The second-order valence-corrected chi connectivity index (χ2v) is 4.31. The van der Waals surface area contributed by atoms with E-state index < -0.39 is 18.4 Å².